The lowest BCUT2D eigenvalue weighted by molar-refractivity contribution is -0.135. The molecule has 2 aromatic carbocycles. The van der Waals surface area contributed by atoms with Crippen LogP contribution in [0.2, 0.25) is 15.1 Å². The van der Waals surface area contributed by atoms with Gasteiger partial charge < -0.3 is 9.84 Å². The second-order valence-electron chi connectivity index (χ2n) is 4.80. The number of sulfonamides is 1. The van der Waals surface area contributed by atoms with Crippen molar-refractivity contribution < 1.29 is 23.1 Å². The smallest absolute Gasteiger partial charge is 0.324 e. The zero-order valence-corrected chi connectivity index (χ0v) is 15.8. The number of methoxy groups -OCH3 is 1. The van der Waals surface area contributed by atoms with E-state index in [1.54, 1.807) is 0 Å². The molecule has 0 aliphatic heterocycles. The van der Waals surface area contributed by atoms with Crippen molar-refractivity contribution in [2.24, 2.45) is 0 Å². The number of ether oxygens (including phenoxy) is 1. The molecule has 0 radical (unpaired) electrons. The first-order chi connectivity index (χ1) is 11.7. The quantitative estimate of drug-likeness (QED) is 0.759. The maximum Gasteiger partial charge on any atom is 0.324 e. The van der Waals surface area contributed by atoms with Gasteiger partial charge in [-0.2, -0.15) is 0 Å². The van der Waals surface area contributed by atoms with Gasteiger partial charge in [0.25, 0.3) is 10.0 Å². The van der Waals surface area contributed by atoms with Crippen LogP contribution in [0.25, 0.3) is 0 Å². The first kappa shape index (κ1) is 19.7. The number of hydrogen-bond acceptors (Lipinski definition) is 4. The summed E-state index contributed by atoms with van der Waals surface area (Å²) >= 11 is 17.8. The minimum absolute atomic E-state index is 0.0338. The molecule has 0 bridgehead atoms. The third-order valence-electron chi connectivity index (χ3n) is 3.15. The van der Waals surface area contributed by atoms with Crippen LogP contribution < -0.4 is 9.04 Å². The average molecular weight is 425 g/mol. The summed E-state index contributed by atoms with van der Waals surface area (Å²) in [5, 5.41) is 9.42. The molecule has 0 saturated carbocycles. The van der Waals surface area contributed by atoms with E-state index in [-0.39, 0.29) is 31.4 Å². The van der Waals surface area contributed by atoms with Crippen molar-refractivity contribution >= 4 is 56.5 Å². The van der Waals surface area contributed by atoms with E-state index in [1.807, 2.05) is 0 Å². The summed E-state index contributed by atoms with van der Waals surface area (Å²) in [4.78, 5) is 10.9. The van der Waals surface area contributed by atoms with Gasteiger partial charge >= 0.3 is 5.97 Å². The lowest BCUT2D eigenvalue weighted by atomic mass is 10.3. The number of carboxylic acids is 1. The highest BCUT2D eigenvalue weighted by Crippen LogP contribution is 2.36. The predicted molar refractivity (Wildman–Crippen MR) is 96.6 cm³/mol. The van der Waals surface area contributed by atoms with E-state index in [2.05, 4.69) is 0 Å². The fraction of sp³-hybridized carbons (Fsp3) is 0.133. The molecular formula is C15H12Cl3NO5S. The Labute approximate surface area is 159 Å². The molecule has 1 N–H and O–H groups in total. The van der Waals surface area contributed by atoms with Crippen molar-refractivity contribution in [2.45, 2.75) is 4.90 Å². The van der Waals surface area contributed by atoms with Crippen molar-refractivity contribution in [1.29, 1.82) is 0 Å². The first-order valence-corrected chi connectivity index (χ1v) is 9.27. The summed E-state index contributed by atoms with van der Waals surface area (Å²) < 4.78 is 31.9. The van der Waals surface area contributed by atoms with Crippen molar-refractivity contribution in [3.05, 3.63) is 51.5 Å². The Morgan fingerprint density at radius 2 is 1.72 bits per heavy atom. The van der Waals surface area contributed by atoms with Gasteiger partial charge in [-0.1, -0.05) is 34.8 Å². The molecule has 2 aromatic rings. The molecule has 0 aromatic heterocycles. The number of hydrogen-bond donors (Lipinski definition) is 1. The molecule has 25 heavy (non-hydrogen) atoms. The molecule has 0 aliphatic rings. The van der Waals surface area contributed by atoms with Crippen LogP contribution in [0.3, 0.4) is 0 Å². The number of carbonyl (C=O) groups is 1. The molecule has 0 saturated heterocycles. The van der Waals surface area contributed by atoms with Crippen LogP contribution in [0.4, 0.5) is 5.69 Å². The Kier molecular flexibility index (Phi) is 6.05. The molecule has 0 fully saturated rings. The van der Waals surface area contributed by atoms with Crippen LogP contribution in [-0.2, 0) is 14.8 Å². The first-order valence-electron chi connectivity index (χ1n) is 6.70. The van der Waals surface area contributed by atoms with Gasteiger partial charge in [0.1, 0.15) is 17.2 Å². The molecule has 10 heteroatoms. The lowest BCUT2D eigenvalue weighted by Gasteiger charge is -2.25. The van der Waals surface area contributed by atoms with E-state index in [0.717, 1.165) is 6.07 Å². The number of aliphatic carboxylic acids is 1. The standard InChI is InChI=1S/C15H12Cl3NO5S/c1-24-13-5-3-9(16)6-12(13)19(8-15(20)21)25(22,23)14-7-10(17)2-4-11(14)18/h2-7H,8H2,1H3,(H,20,21). The summed E-state index contributed by atoms with van der Waals surface area (Å²) in [5.74, 6) is -1.24. The molecule has 0 heterocycles. The fourth-order valence-electron chi connectivity index (χ4n) is 2.07. The predicted octanol–water partition coefficient (Wildman–Crippen LogP) is 3.94. The van der Waals surface area contributed by atoms with E-state index < -0.39 is 22.5 Å². The molecule has 0 atom stereocenters. The van der Waals surface area contributed by atoms with Gasteiger partial charge in [-0.3, -0.25) is 9.10 Å². The Bertz CT molecular complexity index is 917. The van der Waals surface area contributed by atoms with Gasteiger partial charge in [-0.25, -0.2) is 8.42 Å². The van der Waals surface area contributed by atoms with Crippen LogP contribution in [-0.4, -0.2) is 33.1 Å². The van der Waals surface area contributed by atoms with Gasteiger partial charge in [0, 0.05) is 10.0 Å². The molecule has 2 rings (SSSR count). The maximum absolute atomic E-state index is 13.0. The highest BCUT2D eigenvalue weighted by atomic mass is 35.5. The van der Waals surface area contributed by atoms with E-state index in [0.29, 0.717) is 4.31 Å². The normalized spacial score (nSPS) is 11.2. The molecule has 134 valence electrons. The SMILES string of the molecule is COc1ccc(Cl)cc1N(CC(=O)O)S(=O)(=O)c1cc(Cl)ccc1Cl. The fourth-order valence-corrected chi connectivity index (χ4v) is 4.40. The number of anilines is 1. The molecule has 6 nitrogen and oxygen atoms in total. The highest BCUT2D eigenvalue weighted by molar-refractivity contribution is 7.93. The summed E-state index contributed by atoms with van der Waals surface area (Å²) in [6.07, 6.45) is 0. The molecular weight excluding hydrogens is 413 g/mol. The number of benzene rings is 2. The van der Waals surface area contributed by atoms with Crippen molar-refractivity contribution in [3.8, 4) is 5.75 Å². The number of carboxylic acid groups (broad SMARTS) is 1. The number of rotatable bonds is 6. The molecule has 0 spiro atoms. The highest BCUT2D eigenvalue weighted by Gasteiger charge is 2.31. The Balaban J connectivity index is 2.71. The molecule has 0 amide bonds. The van der Waals surface area contributed by atoms with Gasteiger partial charge in [-0.15, -0.1) is 0 Å². The number of nitrogens with zero attached hydrogens (tertiary/aromatic N) is 1. The monoisotopic (exact) mass is 423 g/mol. The third kappa shape index (κ3) is 4.30. The number of halogens is 3. The van der Waals surface area contributed by atoms with Crippen molar-refractivity contribution in [1.82, 2.24) is 0 Å². The third-order valence-corrected chi connectivity index (χ3v) is 5.86. The second-order valence-corrected chi connectivity index (χ2v) is 7.91. The van der Waals surface area contributed by atoms with Crippen LogP contribution >= 0.6 is 34.8 Å². The zero-order valence-electron chi connectivity index (χ0n) is 12.7. The van der Waals surface area contributed by atoms with E-state index in [4.69, 9.17) is 39.5 Å². The summed E-state index contributed by atoms with van der Waals surface area (Å²) in [5.41, 5.74) is -0.0338. The largest absolute Gasteiger partial charge is 0.495 e. The Morgan fingerprint density at radius 1 is 1.12 bits per heavy atom. The van der Waals surface area contributed by atoms with Gasteiger partial charge in [0.05, 0.1) is 17.8 Å². The minimum Gasteiger partial charge on any atom is -0.495 e. The van der Waals surface area contributed by atoms with Gasteiger partial charge in [-0.05, 0) is 36.4 Å². The molecule has 0 aliphatic carbocycles. The minimum atomic E-state index is -4.35. The maximum atomic E-state index is 13.0. The van der Waals surface area contributed by atoms with Gasteiger partial charge in [0.15, 0.2) is 0 Å². The summed E-state index contributed by atoms with van der Waals surface area (Å²) in [7, 11) is -3.03. The Hall–Kier alpha value is -1.67. The Morgan fingerprint density at radius 3 is 2.32 bits per heavy atom. The van der Waals surface area contributed by atoms with Crippen LogP contribution in [0, 0.1) is 0 Å². The van der Waals surface area contributed by atoms with E-state index in [9.17, 15) is 18.3 Å². The summed E-state index contributed by atoms with van der Waals surface area (Å²) in [6.45, 7) is -0.859. The van der Waals surface area contributed by atoms with E-state index in [1.165, 1.54) is 37.4 Å². The topological polar surface area (TPSA) is 83.9 Å². The van der Waals surface area contributed by atoms with Gasteiger partial charge in [0.2, 0.25) is 0 Å². The van der Waals surface area contributed by atoms with Crippen molar-refractivity contribution in [3.63, 3.8) is 0 Å². The molecule has 0 unspecified atom stereocenters. The zero-order chi connectivity index (χ0) is 18.8. The van der Waals surface area contributed by atoms with E-state index >= 15 is 0 Å². The van der Waals surface area contributed by atoms with Crippen LogP contribution in [0.1, 0.15) is 0 Å². The lowest BCUT2D eigenvalue weighted by Crippen LogP contribution is -2.36. The van der Waals surface area contributed by atoms with Crippen molar-refractivity contribution in [2.75, 3.05) is 18.0 Å². The average Bonchev–Trinajstić information content (AvgIpc) is 2.54. The second kappa shape index (κ2) is 7.70. The van der Waals surface area contributed by atoms with Crippen LogP contribution in [0.15, 0.2) is 41.3 Å². The summed E-state index contributed by atoms with van der Waals surface area (Å²) in [6, 6.07) is 8.09. The van der Waals surface area contributed by atoms with Crippen LogP contribution in [0.5, 0.6) is 5.75 Å².